The standard InChI is InChI=1S/C10H17NS/c1-3-4-5-8(2)10-9(11)6-7-12-10/h6-8H,3-5,11H2,1-2H3. The van der Waals surface area contributed by atoms with E-state index in [4.69, 9.17) is 5.73 Å². The van der Waals surface area contributed by atoms with Gasteiger partial charge in [-0.3, -0.25) is 0 Å². The summed E-state index contributed by atoms with van der Waals surface area (Å²) in [5.41, 5.74) is 6.80. The number of anilines is 1. The molecule has 0 spiro atoms. The maximum Gasteiger partial charge on any atom is 0.0458 e. The Balaban J connectivity index is 2.52. The lowest BCUT2D eigenvalue weighted by atomic mass is 10.0. The van der Waals surface area contributed by atoms with Gasteiger partial charge in [0.1, 0.15) is 0 Å². The minimum absolute atomic E-state index is 0.643. The van der Waals surface area contributed by atoms with Gasteiger partial charge in [0, 0.05) is 10.6 Å². The van der Waals surface area contributed by atoms with Crippen molar-refractivity contribution < 1.29 is 0 Å². The quantitative estimate of drug-likeness (QED) is 0.758. The number of unbranched alkanes of at least 4 members (excludes halogenated alkanes) is 1. The molecule has 2 N–H and O–H groups in total. The third-order valence-corrected chi connectivity index (χ3v) is 3.33. The third kappa shape index (κ3) is 2.24. The highest BCUT2D eigenvalue weighted by Crippen LogP contribution is 2.30. The molecule has 12 heavy (non-hydrogen) atoms. The molecule has 0 aliphatic heterocycles. The number of hydrogen-bond acceptors (Lipinski definition) is 2. The van der Waals surface area contributed by atoms with Crippen LogP contribution in [0.2, 0.25) is 0 Å². The zero-order valence-corrected chi connectivity index (χ0v) is 8.66. The molecular weight excluding hydrogens is 166 g/mol. The second-order valence-electron chi connectivity index (χ2n) is 3.28. The van der Waals surface area contributed by atoms with E-state index < -0.39 is 0 Å². The van der Waals surface area contributed by atoms with Crippen LogP contribution in [0.15, 0.2) is 11.4 Å². The van der Waals surface area contributed by atoms with Crippen LogP contribution in [0.1, 0.15) is 43.9 Å². The Hall–Kier alpha value is -0.500. The van der Waals surface area contributed by atoms with Crippen LogP contribution in [0.4, 0.5) is 5.69 Å². The Bertz CT molecular complexity index is 229. The Morgan fingerprint density at radius 2 is 2.33 bits per heavy atom. The molecule has 1 atom stereocenters. The molecule has 0 fully saturated rings. The predicted molar refractivity (Wildman–Crippen MR) is 56.7 cm³/mol. The monoisotopic (exact) mass is 183 g/mol. The SMILES string of the molecule is CCCCC(C)c1sccc1N. The molecule has 68 valence electrons. The zero-order valence-electron chi connectivity index (χ0n) is 7.84. The second kappa shape index (κ2) is 4.51. The van der Waals surface area contributed by atoms with Crippen molar-refractivity contribution in [2.75, 3.05) is 5.73 Å². The molecule has 1 heterocycles. The summed E-state index contributed by atoms with van der Waals surface area (Å²) in [6.45, 7) is 4.49. The average Bonchev–Trinajstić information content (AvgIpc) is 2.47. The average molecular weight is 183 g/mol. The highest BCUT2D eigenvalue weighted by atomic mass is 32.1. The van der Waals surface area contributed by atoms with Gasteiger partial charge in [0.25, 0.3) is 0 Å². The first kappa shape index (κ1) is 9.59. The summed E-state index contributed by atoms with van der Waals surface area (Å²) in [6.07, 6.45) is 3.84. The van der Waals surface area contributed by atoms with Crippen molar-refractivity contribution in [1.82, 2.24) is 0 Å². The van der Waals surface area contributed by atoms with Gasteiger partial charge in [-0.25, -0.2) is 0 Å². The van der Waals surface area contributed by atoms with Crippen molar-refractivity contribution in [2.45, 2.75) is 39.0 Å². The first-order valence-electron chi connectivity index (χ1n) is 4.58. The van der Waals surface area contributed by atoms with E-state index in [1.165, 1.54) is 24.1 Å². The van der Waals surface area contributed by atoms with Crippen LogP contribution in [0.5, 0.6) is 0 Å². The minimum atomic E-state index is 0.643. The molecule has 0 bridgehead atoms. The highest BCUT2D eigenvalue weighted by Gasteiger charge is 2.09. The molecular formula is C10H17NS. The molecule has 0 saturated carbocycles. The Labute approximate surface area is 78.6 Å². The topological polar surface area (TPSA) is 26.0 Å². The summed E-state index contributed by atoms with van der Waals surface area (Å²) in [7, 11) is 0. The van der Waals surface area contributed by atoms with Crippen LogP contribution in [-0.4, -0.2) is 0 Å². The maximum absolute atomic E-state index is 5.82. The molecule has 1 aromatic rings. The van der Waals surface area contributed by atoms with E-state index in [1.54, 1.807) is 11.3 Å². The summed E-state index contributed by atoms with van der Waals surface area (Å²) < 4.78 is 0. The van der Waals surface area contributed by atoms with Crippen LogP contribution < -0.4 is 5.73 Å². The van der Waals surface area contributed by atoms with E-state index in [1.807, 2.05) is 6.07 Å². The predicted octanol–water partition coefficient (Wildman–Crippen LogP) is 3.62. The molecule has 0 radical (unpaired) electrons. The summed E-state index contributed by atoms with van der Waals surface area (Å²) >= 11 is 1.78. The number of rotatable bonds is 4. The third-order valence-electron chi connectivity index (χ3n) is 2.17. The Morgan fingerprint density at radius 1 is 1.58 bits per heavy atom. The molecule has 1 nitrogen and oxygen atoms in total. The van der Waals surface area contributed by atoms with Gasteiger partial charge in [-0.15, -0.1) is 11.3 Å². The van der Waals surface area contributed by atoms with Crippen LogP contribution in [0.25, 0.3) is 0 Å². The first-order valence-corrected chi connectivity index (χ1v) is 5.46. The lowest BCUT2D eigenvalue weighted by molar-refractivity contribution is 0.633. The fraction of sp³-hybridized carbons (Fsp3) is 0.600. The van der Waals surface area contributed by atoms with Crippen LogP contribution in [0.3, 0.4) is 0 Å². The largest absolute Gasteiger partial charge is 0.398 e. The van der Waals surface area contributed by atoms with Gasteiger partial charge in [0.15, 0.2) is 0 Å². The van der Waals surface area contributed by atoms with Crippen LogP contribution >= 0.6 is 11.3 Å². The van der Waals surface area contributed by atoms with Crippen molar-refractivity contribution >= 4 is 17.0 Å². The molecule has 0 aliphatic rings. The summed E-state index contributed by atoms with van der Waals surface area (Å²) in [6, 6.07) is 2.00. The molecule has 0 saturated heterocycles. The highest BCUT2D eigenvalue weighted by molar-refractivity contribution is 7.10. The lowest BCUT2D eigenvalue weighted by Crippen LogP contribution is -1.94. The molecule has 0 amide bonds. The van der Waals surface area contributed by atoms with E-state index >= 15 is 0 Å². The smallest absolute Gasteiger partial charge is 0.0458 e. The lowest BCUT2D eigenvalue weighted by Gasteiger charge is -2.08. The minimum Gasteiger partial charge on any atom is -0.398 e. The molecule has 1 aromatic heterocycles. The molecule has 1 rings (SSSR count). The second-order valence-corrected chi connectivity index (χ2v) is 4.23. The number of hydrogen-bond donors (Lipinski definition) is 1. The van der Waals surface area contributed by atoms with Gasteiger partial charge in [-0.05, 0) is 23.8 Å². The van der Waals surface area contributed by atoms with E-state index in [-0.39, 0.29) is 0 Å². The van der Waals surface area contributed by atoms with E-state index in [2.05, 4.69) is 19.2 Å². The number of nitrogens with two attached hydrogens (primary N) is 1. The van der Waals surface area contributed by atoms with E-state index in [0.29, 0.717) is 5.92 Å². The number of thiophene rings is 1. The maximum atomic E-state index is 5.82. The summed E-state index contributed by atoms with van der Waals surface area (Å²) in [5, 5.41) is 2.08. The van der Waals surface area contributed by atoms with Crippen molar-refractivity contribution in [3.8, 4) is 0 Å². The van der Waals surface area contributed by atoms with Gasteiger partial charge in [-0.2, -0.15) is 0 Å². The molecule has 1 unspecified atom stereocenters. The van der Waals surface area contributed by atoms with Gasteiger partial charge in [-0.1, -0.05) is 26.7 Å². The first-order chi connectivity index (χ1) is 5.75. The molecule has 2 heteroatoms. The molecule has 0 aliphatic carbocycles. The van der Waals surface area contributed by atoms with Gasteiger partial charge >= 0.3 is 0 Å². The summed E-state index contributed by atoms with van der Waals surface area (Å²) in [4.78, 5) is 1.36. The van der Waals surface area contributed by atoms with Crippen molar-refractivity contribution in [2.24, 2.45) is 0 Å². The van der Waals surface area contributed by atoms with E-state index in [0.717, 1.165) is 5.69 Å². The van der Waals surface area contributed by atoms with Crippen LogP contribution in [0, 0.1) is 0 Å². The number of nitrogen functional groups attached to an aromatic ring is 1. The van der Waals surface area contributed by atoms with Crippen molar-refractivity contribution in [3.05, 3.63) is 16.3 Å². The van der Waals surface area contributed by atoms with Gasteiger partial charge in [0.05, 0.1) is 0 Å². The zero-order chi connectivity index (χ0) is 8.97. The Morgan fingerprint density at radius 3 is 2.83 bits per heavy atom. The Kier molecular flexibility index (Phi) is 3.60. The fourth-order valence-corrected chi connectivity index (χ4v) is 2.29. The van der Waals surface area contributed by atoms with Gasteiger partial charge < -0.3 is 5.73 Å². The molecule has 0 aromatic carbocycles. The van der Waals surface area contributed by atoms with Gasteiger partial charge in [0.2, 0.25) is 0 Å². The fourth-order valence-electron chi connectivity index (χ4n) is 1.37. The van der Waals surface area contributed by atoms with E-state index in [9.17, 15) is 0 Å². The van der Waals surface area contributed by atoms with Crippen molar-refractivity contribution in [3.63, 3.8) is 0 Å². The normalized spacial score (nSPS) is 13.2. The van der Waals surface area contributed by atoms with Crippen molar-refractivity contribution in [1.29, 1.82) is 0 Å². The van der Waals surface area contributed by atoms with Crippen LogP contribution in [-0.2, 0) is 0 Å². The summed E-state index contributed by atoms with van der Waals surface area (Å²) in [5.74, 6) is 0.643.